The molecule has 0 aliphatic rings. The highest BCUT2D eigenvalue weighted by Crippen LogP contribution is 2.10. The van der Waals surface area contributed by atoms with Gasteiger partial charge in [0.25, 0.3) is 0 Å². The topological polar surface area (TPSA) is 83.5 Å². The van der Waals surface area contributed by atoms with Crippen LogP contribution in [0.2, 0.25) is 0 Å². The molecule has 148 valence electrons. The van der Waals surface area contributed by atoms with Crippen molar-refractivity contribution in [3.63, 3.8) is 0 Å². The van der Waals surface area contributed by atoms with Crippen LogP contribution in [-0.4, -0.2) is 34.7 Å². The second-order valence-corrected chi connectivity index (χ2v) is 7.09. The lowest BCUT2D eigenvalue weighted by molar-refractivity contribution is -0.128. The number of unbranched alkanes of at least 4 members (excludes halogenated alkanes) is 11. The van der Waals surface area contributed by atoms with Gasteiger partial charge in [0.2, 0.25) is 0 Å². The fourth-order valence-corrected chi connectivity index (χ4v) is 2.86. The van der Waals surface area contributed by atoms with Crippen LogP contribution in [0.5, 0.6) is 0 Å². The molecule has 0 saturated heterocycles. The van der Waals surface area contributed by atoms with Gasteiger partial charge in [0.15, 0.2) is 5.78 Å². The first-order valence-corrected chi connectivity index (χ1v) is 10.4. The molecule has 0 radical (unpaired) electrons. The molecule has 0 amide bonds. The lowest BCUT2D eigenvalue weighted by atomic mass is 10.0. The normalized spacial score (nSPS) is 14.1. The summed E-state index contributed by atoms with van der Waals surface area (Å²) in [7, 11) is 0. The molecule has 4 nitrogen and oxygen atoms in total. The number of Topliss-reactive ketones (excluding diaryl/α,β-unsaturated/α-hetero) is 1. The van der Waals surface area contributed by atoms with Gasteiger partial charge in [0, 0.05) is 6.42 Å². The summed E-state index contributed by atoms with van der Waals surface area (Å²) in [5, 5.41) is 18.4. The Kier molecular flexibility index (Phi) is 17.6. The minimum absolute atomic E-state index is 0.251. The van der Waals surface area contributed by atoms with E-state index in [2.05, 4.69) is 19.1 Å². The van der Waals surface area contributed by atoms with Crippen LogP contribution in [0.1, 0.15) is 96.8 Å². The summed E-state index contributed by atoms with van der Waals surface area (Å²) < 4.78 is 0. The highest BCUT2D eigenvalue weighted by molar-refractivity contribution is 5.83. The Labute approximate surface area is 154 Å². The zero-order valence-corrected chi connectivity index (χ0v) is 16.3. The summed E-state index contributed by atoms with van der Waals surface area (Å²) in [6.07, 6.45) is 19.6. The maximum absolute atomic E-state index is 11.6. The maximum Gasteiger partial charge on any atom is 0.162 e. The van der Waals surface area contributed by atoms with Gasteiger partial charge in [-0.1, -0.05) is 70.4 Å². The molecule has 0 heterocycles. The Hall–Kier alpha value is -0.710. The van der Waals surface area contributed by atoms with E-state index in [1.807, 2.05) is 0 Å². The third kappa shape index (κ3) is 15.3. The van der Waals surface area contributed by atoms with Crippen LogP contribution in [0.15, 0.2) is 12.2 Å². The van der Waals surface area contributed by atoms with Gasteiger partial charge in [-0.3, -0.25) is 4.79 Å². The third-order valence-corrected chi connectivity index (χ3v) is 4.63. The number of carbonyl (C=O) groups excluding carboxylic acids is 1. The third-order valence-electron chi connectivity index (χ3n) is 4.63. The average Bonchev–Trinajstić information content (AvgIpc) is 2.63. The quantitative estimate of drug-likeness (QED) is 0.253. The van der Waals surface area contributed by atoms with Gasteiger partial charge >= 0.3 is 0 Å². The number of hydrogen-bond acceptors (Lipinski definition) is 4. The van der Waals surface area contributed by atoms with Crippen molar-refractivity contribution < 1.29 is 15.0 Å². The summed E-state index contributed by atoms with van der Waals surface area (Å²) in [5.41, 5.74) is 5.45. The number of aliphatic hydroxyl groups excluding tert-OH is 2. The predicted octanol–water partition coefficient (Wildman–Crippen LogP) is 4.27. The molecule has 0 rings (SSSR count). The highest BCUT2D eigenvalue weighted by atomic mass is 16.3. The molecule has 1 unspecified atom stereocenters. The van der Waals surface area contributed by atoms with Gasteiger partial charge in [-0.25, -0.2) is 0 Å². The zero-order chi connectivity index (χ0) is 18.8. The number of ketones is 1. The molecule has 0 spiro atoms. The second kappa shape index (κ2) is 18.1. The molecule has 0 aliphatic heterocycles. The van der Waals surface area contributed by atoms with Crippen molar-refractivity contribution in [1.82, 2.24) is 0 Å². The SMILES string of the molecule is CCCCCCCCC=CCCCCCCCC(=O)C(O)[C@@H](N)CO. The summed E-state index contributed by atoms with van der Waals surface area (Å²) in [5.74, 6) is -0.251. The van der Waals surface area contributed by atoms with E-state index >= 15 is 0 Å². The van der Waals surface area contributed by atoms with E-state index in [1.165, 1.54) is 57.8 Å². The van der Waals surface area contributed by atoms with Crippen LogP contribution in [0.3, 0.4) is 0 Å². The first kappa shape index (κ1) is 24.3. The fraction of sp³-hybridized carbons (Fsp3) is 0.857. The molecule has 4 N–H and O–H groups in total. The molecule has 0 aromatic heterocycles. The zero-order valence-electron chi connectivity index (χ0n) is 16.3. The smallest absolute Gasteiger partial charge is 0.162 e. The molecule has 0 fully saturated rings. The van der Waals surface area contributed by atoms with Crippen LogP contribution in [0.25, 0.3) is 0 Å². The number of rotatable bonds is 18. The summed E-state index contributed by atoms with van der Waals surface area (Å²) >= 11 is 0. The molecular weight excluding hydrogens is 314 g/mol. The Bertz CT molecular complexity index is 331. The van der Waals surface area contributed by atoms with Crippen molar-refractivity contribution in [2.45, 2.75) is 109 Å². The first-order chi connectivity index (χ1) is 12.1. The number of carbonyl (C=O) groups is 1. The van der Waals surface area contributed by atoms with Gasteiger partial charge in [0.05, 0.1) is 12.6 Å². The highest BCUT2D eigenvalue weighted by Gasteiger charge is 2.21. The molecule has 0 saturated carbocycles. The summed E-state index contributed by atoms with van der Waals surface area (Å²) in [6.45, 7) is 1.89. The largest absolute Gasteiger partial charge is 0.395 e. The number of aliphatic hydroxyl groups is 2. The number of hydrogen-bond donors (Lipinski definition) is 3. The van der Waals surface area contributed by atoms with Crippen LogP contribution >= 0.6 is 0 Å². The van der Waals surface area contributed by atoms with Crippen molar-refractivity contribution in [2.75, 3.05) is 6.61 Å². The van der Waals surface area contributed by atoms with Crippen molar-refractivity contribution in [3.05, 3.63) is 12.2 Å². The van der Waals surface area contributed by atoms with Gasteiger partial charge in [-0.2, -0.15) is 0 Å². The minimum Gasteiger partial charge on any atom is -0.395 e. The molecule has 4 heteroatoms. The van der Waals surface area contributed by atoms with Crippen LogP contribution in [-0.2, 0) is 4.79 Å². The second-order valence-electron chi connectivity index (χ2n) is 7.09. The monoisotopic (exact) mass is 355 g/mol. The molecular formula is C21H41NO3. The van der Waals surface area contributed by atoms with E-state index in [4.69, 9.17) is 10.8 Å². The fourth-order valence-electron chi connectivity index (χ4n) is 2.86. The van der Waals surface area contributed by atoms with Crippen LogP contribution in [0, 0.1) is 0 Å². The Balaban J connectivity index is 3.33. The van der Waals surface area contributed by atoms with Crippen molar-refractivity contribution in [1.29, 1.82) is 0 Å². The first-order valence-electron chi connectivity index (χ1n) is 10.4. The van der Waals surface area contributed by atoms with Gasteiger partial charge < -0.3 is 15.9 Å². The Morgan fingerprint density at radius 2 is 1.36 bits per heavy atom. The van der Waals surface area contributed by atoms with Gasteiger partial charge in [-0.15, -0.1) is 0 Å². The van der Waals surface area contributed by atoms with Crippen molar-refractivity contribution in [3.8, 4) is 0 Å². The van der Waals surface area contributed by atoms with Gasteiger partial charge in [-0.05, 0) is 32.1 Å². The maximum atomic E-state index is 11.6. The van der Waals surface area contributed by atoms with E-state index in [1.54, 1.807) is 0 Å². The average molecular weight is 356 g/mol. The summed E-state index contributed by atoms with van der Waals surface area (Å²) in [6, 6.07) is -0.851. The van der Waals surface area contributed by atoms with E-state index in [-0.39, 0.29) is 12.4 Å². The number of allylic oxidation sites excluding steroid dienone is 2. The van der Waals surface area contributed by atoms with Gasteiger partial charge in [0.1, 0.15) is 6.10 Å². The van der Waals surface area contributed by atoms with Crippen molar-refractivity contribution in [2.24, 2.45) is 5.73 Å². The van der Waals surface area contributed by atoms with E-state index < -0.39 is 12.1 Å². The standard InChI is InChI=1S/C21H41NO3/c1-2-3-4-5-6-7-8-9-10-11-12-13-14-15-16-17-20(24)21(25)19(22)18-23/h9-10,19,21,23,25H,2-8,11-18,22H2,1H3/t19-,21?/m0/s1. The molecule has 25 heavy (non-hydrogen) atoms. The van der Waals surface area contributed by atoms with Crippen molar-refractivity contribution >= 4 is 5.78 Å². The van der Waals surface area contributed by atoms with E-state index in [9.17, 15) is 9.90 Å². The van der Waals surface area contributed by atoms with Crippen LogP contribution in [0.4, 0.5) is 0 Å². The molecule has 0 aromatic rings. The van der Waals surface area contributed by atoms with E-state index in [0.717, 1.165) is 25.7 Å². The molecule has 2 atom stereocenters. The Morgan fingerprint density at radius 1 is 0.880 bits per heavy atom. The molecule has 0 bridgehead atoms. The minimum atomic E-state index is -1.22. The molecule has 0 aliphatic carbocycles. The van der Waals surface area contributed by atoms with E-state index in [0.29, 0.717) is 6.42 Å². The molecule has 0 aromatic carbocycles. The number of nitrogens with two attached hydrogens (primary N) is 1. The lowest BCUT2D eigenvalue weighted by Gasteiger charge is -2.14. The summed E-state index contributed by atoms with van der Waals surface area (Å²) in [4.78, 5) is 11.6. The van der Waals surface area contributed by atoms with Crippen LogP contribution < -0.4 is 5.73 Å². The lowest BCUT2D eigenvalue weighted by Crippen LogP contribution is -2.42. The Morgan fingerprint density at radius 3 is 1.88 bits per heavy atom. The predicted molar refractivity (Wildman–Crippen MR) is 106 cm³/mol.